The molecule has 1 unspecified atom stereocenters. The highest BCUT2D eigenvalue weighted by Crippen LogP contribution is 2.18. The summed E-state index contributed by atoms with van der Waals surface area (Å²) in [6, 6.07) is 0. The molecule has 2 heterocycles. The number of hydroxylamine groups is 2. The van der Waals surface area contributed by atoms with Crippen LogP contribution in [-0.4, -0.2) is 35.9 Å². The molecule has 0 bridgehead atoms. The van der Waals surface area contributed by atoms with Crippen LogP contribution in [0.1, 0.15) is 39.0 Å². The fourth-order valence-electron chi connectivity index (χ4n) is 2.46. The second-order valence-electron chi connectivity index (χ2n) is 5.65. The van der Waals surface area contributed by atoms with Crippen LogP contribution in [0.2, 0.25) is 0 Å². The van der Waals surface area contributed by atoms with Gasteiger partial charge < -0.3 is 10.2 Å². The van der Waals surface area contributed by atoms with Gasteiger partial charge in [0, 0.05) is 31.5 Å². The summed E-state index contributed by atoms with van der Waals surface area (Å²) in [4.78, 5) is 40.3. The lowest BCUT2D eigenvalue weighted by Crippen LogP contribution is -2.32. The van der Waals surface area contributed by atoms with E-state index in [0.717, 1.165) is 25.9 Å². The molecule has 6 heteroatoms. The number of hydrogen-bond acceptors (Lipinski definition) is 5. The largest absolute Gasteiger partial charge is 0.359 e. The first-order valence-corrected chi connectivity index (χ1v) is 7.72. The topological polar surface area (TPSA) is 75.7 Å². The molecule has 1 fully saturated rings. The predicted octanol–water partition coefficient (Wildman–Crippen LogP) is 1.49. The van der Waals surface area contributed by atoms with Crippen molar-refractivity contribution in [3.8, 4) is 0 Å². The standard InChI is InChI=1S/C16H22N2O4/c1-12-10-13(6-4-2-3-5-9-17-11-12)16(21)22-18-14(19)7-8-15(18)20/h3,5,10,12,17H,2,4,6-9,11H2,1H3/b5-3+,13-10+. The zero-order valence-electron chi connectivity index (χ0n) is 12.8. The highest BCUT2D eigenvalue weighted by atomic mass is 16.7. The highest BCUT2D eigenvalue weighted by molar-refractivity contribution is 6.02. The fourth-order valence-corrected chi connectivity index (χ4v) is 2.46. The Hall–Kier alpha value is -1.95. The lowest BCUT2D eigenvalue weighted by Gasteiger charge is -2.15. The molecule has 0 radical (unpaired) electrons. The van der Waals surface area contributed by atoms with Gasteiger partial charge in [-0.25, -0.2) is 4.79 Å². The minimum Gasteiger partial charge on any atom is -0.325 e. The maximum atomic E-state index is 12.3. The molecule has 0 aliphatic carbocycles. The van der Waals surface area contributed by atoms with Crippen LogP contribution in [0.25, 0.3) is 0 Å². The van der Waals surface area contributed by atoms with Gasteiger partial charge in [0.05, 0.1) is 0 Å². The maximum absolute atomic E-state index is 12.3. The van der Waals surface area contributed by atoms with E-state index in [2.05, 4.69) is 17.5 Å². The Balaban J connectivity index is 2.04. The Kier molecular flexibility index (Phi) is 5.89. The van der Waals surface area contributed by atoms with Gasteiger partial charge >= 0.3 is 5.97 Å². The first kappa shape index (κ1) is 16.4. The van der Waals surface area contributed by atoms with Crippen LogP contribution in [-0.2, 0) is 19.2 Å². The van der Waals surface area contributed by atoms with Crippen LogP contribution in [0, 0.1) is 5.92 Å². The Bertz CT molecular complexity index is 494. The van der Waals surface area contributed by atoms with E-state index in [-0.39, 0.29) is 18.8 Å². The van der Waals surface area contributed by atoms with Crippen LogP contribution in [0.3, 0.4) is 0 Å². The van der Waals surface area contributed by atoms with Crippen LogP contribution in [0.4, 0.5) is 0 Å². The Morgan fingerprint density at radius 2 is 1.95 bits per heavy atom. The molecule has 6 nitrogen and oxygen atoms in total. The molecule has 0 aromatic rings. The van der Waals surface area contributed by atoms with Gasteiger partial charge in [-0.05, 0) is 25.2 Å². The van der Waals surface area contributed by atoms with Crippen LogP contribution in [0.5, 0.6) is 0 Å². The van der Waals surface area contributed by atoms with Crippen molar-refractivity contribution in [2.45, 2.75) is 39.0 Å². The van der Waals surface area contributed by atoms with Crippen molar-refractivity contribution in [3.05, 3.63) is 23.8 Å². The summed E-state index contributed by atoms with van der Waals surface area (Å²) in [5.74, 6) is -1.33. The number of rotatable bonds is 2. The second kappa shape index (κ2) is 7.89. The predicted molar refractivity (Wildman–Crippen MR) is 80.3 cm³/mol. The van der Waals surface area contributed by atoms with Crippen molar-refractivity contribution in [2.75, 3.05) is 13.1 Å². The summed E-state index contributed by atoms with van der Waals surface area (Å²) in [5, 5.41) is 3.89. The molecule has 2 aliphatic heterocycles. The molecule has 1 N–H and O–H groups in total. The molecule has 120 valence electrons. The van der Waals surface area contributed by atoms with Gasteiger partial charge in [0.2, 0.25) is 0 Å². The molecule has 1 saturated heterocycles. The summed E-state index contributed by atoms with van der Waals surface area (Å²) >= 11 is 0. The summed E-state index contributed by atoms with van der Waals surface area (Å²) in [7, 11) is 0. The molecule has 2 rings (SSSR count). The third kappa shape index (κ3) is 4.53. The van der Waals surface area contributed by atoms with Crippen LogP contribution in [0.15, 0.2) is 23.8 Å². The summed E-state index contributed by atoms with van der Waals surface area (Å²) < 4.78 is 0. The van der Waals surface area contributed by atoms with E-state index in [0.29, 0.717) is 17.1 Å². The summed E-state index contributed by atoms with van der Waals surface area (Å²) in [6.07, 6.45) is 8.52. The monoisotopic (exact) mass is 306 g/mol. The van der Waals surface area contributed by atoms with E-state index < -0.39 is 17.8 Å². The molecular weight excluding hydrogens is 284 g/mol. The number of allylic oxidation sites excluding steroid dienone is 1. The van der Waals surface area contributed by atoms with Crippen molar-refractivity contribution < 1.29 is 19.2 Å². The highest BCUT2D eigenvalue weighted by Gasteiger charge is 2.33. The van der Waals surface area contributed by atoms with E-state index in [9.17, 15) is 14.4 Å². The molecule has 2 aliphatic rings. The van der Waals surface area contributed by atoms with E-state index in [4.69, 9.17) is 4.84 Å². The lowest BCUT2D eigenvalue weighted by atomic mass is 10.0. The third-order valence-electron chi connectivity index (χ3n) is 3.64. The first-order chi connectivity index (χ1) is 10.6. The van der Waals surface area contributed by atoms with Crippen molar-refractivity contribution in [1.82, 2.24) is 10.4 Å². The Labute approximate surface area is 130 Å². The van der Waals surface area contributed by atoms with Crippen LogP contribution >= 0.6 is 0 Å². The van der Waals surface area contributed by atoms with Crippen LogP contribution < -0.4 is 5.32 Å². The average Bonchev–Trinajstić information content (AvgIpc) is 2.78. The smallest absolute Gasteiger partial charge is 0.325 e. The van der Waals surface area contributed by atoms with Gasteiger partial charge in [-0.1, -0.05) is 25.2 Å². The minimum absolute atomic E-state index is 0.107. The Morgan fingerprint density at radius 3 is 2.68 bits per heavy atom. The minimum atomic E-state index is -0.598. The zero-order valence-corrected chi connectivity index (χ0v) is 12.8. The lowest BCUT2D eigenvalue weighted by molar-refractivity contribution is -0.194. The van der Waals surface area contributed by atoms with Gasteiger partial charge in [-0.3, -0.25) is 9.59 Å². The molecule has 22 heavy (non-hydrogen) atoms. The molecule has 0 spiro atoms. The van der Waals surface area contributed by atoms with Crippen molar-refractivity contribution >= 4 is 17.8 Å². The number of nitrogens with zero attached hydrogens (tertiary/aromatic N) is 1. The van der Waals surface area contributed by atoms with E-state index in [1.54, 1.807) is 0 Å². The van der Waals surface area contributed by atoms with Crippen molar-refractivity contribution in [3.63, 3.8) is 0 Å². The van der Waals surface area contributed by atoms with Crippen molar-refractivity contribution in [2.24, 2.45) is 5.92 Å². The van der Waals surface area contributed by atoms with Crippen molar-refractivity contribution in [1.29, 1.82) is 0 Å². The van der Waals surface area contributed by atoms with Gasteiger partial charge in [0.15, 0.2) is 0 Å². The molecule has 0 aromatic carbocycles. The molecular formula is C16H22N2O4. The normalized spacial score (nSPS) is 27.8. The molecule has 0 aromatic heterocycles. The van der Waals surface area contributed by atoms with Gasteiger partial charge in [-0.2, -0.15) is 0 Å². The average molecular weight is 306 g/mol. The van der Waals surface area contributed by atoms with E-state index in [1.165, 1.54) is 0 Å². The fraction of sp³-hybridized carbons (Fsp3) is 0.562. The maximum Gasteiger partial charge on any atom is 0.359 e. The number of nitrogens with one attached hydrogen (secondary N) is 1. The number of carbonyl (C=O) groups is 3. The first-order valence-electron chi connectivity index (χ1n) is 7.72. The summed E-state index contributed by atoms with van der Waals surface area (Å²) in [5.41, 5.74) is 0.525. The van der Waals surface area contributed by atoms with Gasteiger partial charge in [-0.15, -0.1) is 5.06 Å². The summed E-state index contributed by atoms with van der Waals surface area (Å²) in [6.45, 7) is 3.57. The molecule has 1 atom stereocenters. The number of hydrogen-bond donors (Lipinski definition) is 1. The number of imide groups is 1. The molecule has 2 amide bonds. The Morgan fingerprint density at radius 1 is 1.23 bits per heavy atom. The van der Waals surface area contributed by atoms with Gasteiger partial charge in [0.25, 0.3) is 11.8 Å². The SMILES string of the molecule is CC1/C=C(/C(=O)ON2C(=O)CCC2=O)CCC/C=C/CNC1. The molecule has 0 saturated carbocycles. The zero-order chi connectivity index (χ0) is 15.9. The number of carbonyl (C=O) groups excluding carboxylic acids is 3. The number of amides is 2. The van der Waals surface area contributed by atoms with E-state index >= 15 is 0 Å². The van der Waals surface area contributed by atoms with Gasteiger partial charge in [0.1, 0.15) is 0 Å². The van der Waals surface area contributed by atoms with E-state index in [1.807, 2.05) is 13.0 Å². The second-order valence-corrected chi connectivity index (χ2v) is 5.65. The third-order valence-corrected chi connectivity index (χ3v) is 3.64. The quantitative estimate of drug-likeness (QED) is 0.618.